The van der Waals surface area contributed by atoms with Crippen molar-refractivity contribution in [2.45, 2.75) is 96.6 Å². The van der Waals surface area contributed by atoms with Gasteiger partial charge in [0.05, 0.1) is 18.2 Å². The van der Waals surface area contributed by atoms with Gasteiger partial charge in [-0.1, -0.05) is 105 Å². The van der Waals surface area contributed by atoms with Crippen LogP contribution in [0.25, 0.3) is 0 Å². The van der Waals surface area contributed by atoms with E-state index in [1.54, 1.807) is 20.8 Å². The van der Waals surface area contributed by atoms with Crippen LogP contribution in [-0.4, -0.2) is 64.6 Å². The molecule has 0 fully saturated rings. The first-order valence-electron chi connectivity index (χ1n) is 16.8. The Balaban J connectivity index is 1.77. The second-order valence-corrected chi connectivity index (χ2v) is 13.9. The quantitative estimate of drug-likeness (QED) is 0.139. The maximum Gasteiger partial charge on any atom is 0.407 e. The lowest BCUT2D eigenvalue weighted by molar-refractivity contribution is -0.132. The number of amides is 3. The fourth-order valence-corrected chi connectivity index (χ4v) is 5.54. The number of nitrogens with one attached hydrogen (secondary N) is 3. The third kappa shape index (κ3) is 14.3. The highest BCUT2D eigenvalue weighted by Crippen LogP contribution is 2.20. The second kappa shape index (κ2) is 19.0. The number of rotatable bonds is 17. The van der Waals surface area contributed by atoms with Gasteiger partial charge in [-0.15, -0.1) is 0 Å². The average molecular weight is 660 g/mol. The largest absolute Gasteiger partial charge is 0.444 e. The number of hydrogen-bond acceptors (Lipinski definition) is 6. The van der Waals surface area contributed by atoms with E-state index in [1.807, 2.05) is 105 Å². The van der Waals surface area contributed by atoms with Crippen molar-refractivity contribution in [3.05, 3.63) is 108 Å². The molecule has 0 saturated carbocycles. The second-order valence-electron chi connectivity index (χ2n) is 13.9. The van der Waals surface area contributed by atoms with Gasteiger partial charge in [0.25, 0.3) is 0 Å². The van der Waals surface area contributed by atoms with Crippen LogP contribution in [0.1, 0.15) is 64.2 Å². The Morgan fingerprint density at radius 2 is 1.19 bits per heavy atom. The number of aliphatic hydroxyl groups excluding tert-OH is 2. The van der Waals surface area contributed by atoms with Crippen molar-refractivity contribution in [3.63, 3.8) is 0 Å². The molecule has 48 heavy (non-hydrogen) atoms. The molecule has 0 aliphatic rings. The molecule has 0 saturated heterocycles. The lowest BCUT2D eigenvalue weighted by Gasteiger charge is -2.30. The first-order valence-corrected chi connectivity index (χ1v) is 16.8. The van der Waals surface area contributed by atoms with E-state index in [-0.39, 0.29) is 30.7 Å². The number of ether oxygens (including phenoxy) is 1. The van der Waals surface area contributed by atoms with Crippen LogP contribution < -0.4 is 16.0 Å². The minimum absolute atomic E-state index is 0.0276. The van der Waals surface area contributed by atoms with Gasteiger partial charge in [0, 0.05) is 18.9 Å². The van der Waals surface area contributed by atoms with E-state index in [2.05, 4.69) is 16.0 Å². The molecule has 3 aromatic rings. The van der Waals surface area contributed by atoms with Gasteiger partial charge < -0.3 is 30.9 Å². The Bertz CT molecular complexity index is 1400. The SMILES string of the molecule is CC(C)C[C@H](NC(=O)[C@@H](Cc1ccccc1)C[C@H](O)[C@H](Cc1ccccc1)NC(=O)OC(C)(C)C)C(=O)NC[C@@H](O)Cc1ccccc1. The molecular formula is C39H53N3O6. The van der Waals surface area contributed by atoms with Gasteiger partial charge in [-0.3, -0.25) is 9.59 Å². The smallest absolute Gasteiger partial charge is 0.407 e. The number of benzene rings is 3. The van der Waals surface area contributed by atoms with Gasteiger partial charge in [0.2, 0.25) is 11.8 Å². The first-order chi connectivity index (χ1) is 22.8. The minimum atomic E-state index is -1.11. The highest BCUT2D eigenvalue weighted by atomic mass is 16.6. The van der Waals surface area contributed by atoms with E-state index in [1.165, 1.54) is 0 Å². The molecule has 0 aromatic heterocycles. The fraction of sp³-hybridized carbons (Fsp3) is 0.462. The number of hydrogen-bond donors (Lipinski definition) is 5. The predicted octanol–water partition coefficient (Wildman–Crippen LogP) is 4.98. The highest BCUT2D eigenvalue weighted by molar-refractivity contribution is 5.88. The molecule has 9 heteroatoms. The van der Waals surface area contributed by atoms with Crippen molar-refractivity contribution in [1.82, 2.24) is 16.0 Å². The Kier molecular flexibility index (Phi) is 15.1. The van der Waals surface area contributed by atoms with Gasteiger partial charge in [0.1, 0.15) is 11.6 Å². The molecule has 0 bridgehead atoms. The van der Waals surface area contributed by atoms with Crippen molar-refractivity contribution >= 4 is 17.9 Å². The summed E-state index contributed by atoms with van der Waals surface area (Å²) in [5.74, 6) is -1.37. The summed E-state index contributed by atoms with van der Waals surface area (Å²) in [7, 11) is 0. The Labute approximate surface area is 285 Å². The molecule has 3 amide bonds. The van der Waals surface area contributed by atoms with Gasteiger partial charge in [-0.25, -0.2) is 4.79 Å². The third-order valence-electron chi connectivity index (χ3n) is 7.85. The number of alkyl carbamates (subject to hydrolysis) is 1. The number of carbonyl (C=O) groups excluding carboxylic acids is 3. The normalized spacial score (nSPS) is 14.7. The first kappa shape index (κ1) is 38.2. The van der Waals surface area contributed by atoms with Crippen LogP contribution in [0.2, 0.25) is 0 Å². The van der Waals surface area contributed by atoms with E-state index >= 15 is 0 Å². The average Bonchev–Trinajstić information content (AvgIpc) is 3.03. The molecule has 0 spiro atoms. The molecule has 3 rings (SSSR count). The van der Waals surface area contributed by atoms with Crippen molar-refractivity contribution < 1.29 is 29.3 Å². The van der Waals surface area contributed by atoms with E-state index < -0.39 is 41.9 Å². The van der Waals surface area contributed by atoms with Crippen LogP contribution in [0.4, 0.5) is 4.79 Å². The summed E-state index contributed by atoms with van der Waals surface area (Å²) >= 11 is 0. The molecule has 0 radical (unpaired) electrons. The van der Waals surface area contributed by atoms with Crippen molar-refractivity contribution in [1.29, 1.82) is 0 Å². The molecule has 0 aliphatic carbocycles. The Morgan fingerprint density at radius 3 is 1.69 bits per heavy atom. The van der Waals surface area contributed by atoms with Crippen molar-refractivity contribution in [2.75, 3.05) is 6.54 Å². The molecule has 5 N–H and O–H groups in total. The third-order valence-corrected chi connectivity index (χ3v) is 7.85. The fourth-order valence-electron chi connectivity index (χ4n) is 5.54. The monoisotopic (exact) mass is 659 g/mol. The lowest BCUT2D eigenvalue weighted by atomic mass is 9.88. The topological polar surface area (TPSA) is 137 Å². The molecule has 260 valence electrons. The van der Waals surface area contributed by atoms with Crippen LogP contribution >= 0.6 is 0 Å². The Hall–Kier alpha value is -4.21. The van der Waals surface area contributed by atoms with E-state index in [9.17, 15) is 24.6 Å². The minimum Gasteiger partial charge on any atom is -0.444 e. The Morgan fingerprint density at radius 1 is 0.688 bits per heavy atom. The van der Waals surface area contributed by atoms with Crippen molar-refractivity contribution in [3.8, 4) is 0 Å². The van der Waals surface area contributed by atoms with Gasteiger partial charge in [0.15, 0.2) is 0 Å². The molecule has 5 atom stereocenters. The number of aliphatic hydroxyl groups is 2. The van der Waals surface area contributed by atoms with Crippen LogP contribution in [-0.2, 0) is 33.6 Å². The van der Waals surface area contributed by atoms with E-state index in [0.29, 0.717) is 25.7 Å². The molecule has 0 heterocycles. The summed E-state index contributed by atoms with van der Waals surface area (Å²) < 4.78 is 5.49. The van der Waals surface area contributed by atoms with Gasteiger partial charge in [-0.05, 0) is 69.1 Å². The van der Waals surface area contributed by atoms with Crippen LogP contribution in [0.15, 0.2) is 91.0 Å². The zero-order valence-electron chi connectivity index (χ0n) is 28.9. The van der Waals surface area contributed by atoms with Crippen LogP contribution in [0, 0.1) is 11.8 Å². The van der Waals surface area contributed by atoms with Crippen molar-refractivity contribution in [2.24, 2.45) is 11.8 Å². The van der Waals surface area contributed by atoms with E-state index in [0.717, 1.165) is 16.7 Å². The summed E-state index contributed by atoms with van der Waals surface area (Å²) in [5, 5.41) is 30.8. The number of carbonyl (C=O) groups is 3. The lowest BCUT2D eigenvalue weighted by Crippen LogP contribution is -2.52. The molecule has 0 unspecified atom stereocenters. The van der Waals surface area contributed by atoms with Crippen LogP contribution in [0.5, 0.6) is 0 Å². The molecule has 0 aliphatic heterocycles. The highest BCUT2D eigenvalue weighted by Gasteiger charge is 2.32. The zero-order valence-corrected chi connectivity index (χ0v) is 28.9. The summed E-state index contributed by atoms with van der Waals surface area (Å²) in [6.07, 6.45) is -1.10. The zero-order chi connectivity index (χ0) is 35.1. The maximum atomic E-state index is 14.0. The van der Waals surface area contributed by atoms with Crippen LogP contribution in [0.3, 0.4) is 0 Å². The van der Waals surface area contributed by atoms with Gasteiger partial charge >= 0.3 is 6.09 Å². The summed E-state index contributed by atoms with van der Waals surface area (Å²) in [5.41, 5.74) is 2.04. The summed E-state index contributed by atoms with van der Waals surface area (Å²) in [4.78, 5) is 40.2. The predicted molar refractivity (Wildman–Crippen MR) is 188 cm³/mol. The molecule has 9 nitrogen and oxygen atoms in total. The standard InChI is InChI=1S/C39H53N3O6/c1-27(2)21-34(37(46)40-26-32(43)23-29-17-11-7-12-18-29)41-36(45)31(22-28-15-9-6-10-16-28)25-35(44)33(24-30-19-13-8-14-20-30)42-38(47)48-39(3,4)5/h6-20,27,31-35,43-44H,21-26H2,1-5H3,(H,40,46)(H,41,45)(H,42,47)/t31-,32-,33-,34-,35-/m0/s1. The molecular weight excluding hydrogens is 606 g/mol. The maximum absolute atomic E-state index is 14.0. The summed E-state index contributed by atoms with van der Waals surface area (Å²) in [6.45, 7) is 9.29. The van der Waals surface area contributed by atoms with Gasteiger partial charge in [-0.2, -0.15) is 0 Å². The summed E-state index contributed by atoms with van der Waals surface area (Å²) in [6, 6.07) is 27.0. The molecule has 3 aromatic carbocycles. The van der Waals surface area contributed by atoms with E-state index in [4.69, 9.17) is 4.74 Å².